The minimum Gasteiger partial charge on any atom is -0.385 e. The molecule has 0 aliphatic rings. The van der Waals surface area contributed by atoms with Gasteiger partial charge in [-0.3, -0.25) is 10.1 Å². The van der Waals surface area contributed by atoms with Gasteiger partial charge in [0, 0.05) is 32.4 Å². The van der Waals surface area contributed by atoms with Crippen molar-refractivity contribution in [3.8, 4) is 0 Å². The maximum atomic E-state index is 13.3. The van der Waals surface area contributed by atoms with Crippen LogP contribution in [-0.4, -0.2) is 25.2 Å². The monoisotopic (exact) mass is 306 g/mol. The van der Waals surface area contributed by atoms with Crippen LogP contribution in [0.25, 0.3) is 0 Å². The van der Waals surface area contributed by atoms with E-state index < -0.39 is 10.7 Å². The molecular weight excluding hydrogens is 295 g/mol. The molecule has 0 unspecified atom stereocenters. The van der Waals surface area contributed by atoms with Gasteiger partial charge in [0.1, 0.15) is 11.5 Å². The molecule has 1 rings (SSSR count). The summed E-state index contributed by atoms with van der Waals surface area (Å²) >= 11 is 2.91. The van der Waals surface area contributed by atoms with E-state index in [-0.39, 0.29) is 15.8 Å². The summed E-state index contributed by atoms with van der Waals surface area (Å²) in [6, 6.07) is 2.25. The Hall–Kier alpha value is -1.21. The Morgan fingerprint density at radius 1 is 1.59 bits per heavy atom. The molecular formula is C10H12BrFN2O3. The van der Waals surface area contributed by atoms with Gasteiger partial charge in [-0.15, -0.1) is 0 Å². The van der Waals surface area contributed by atoms with Crippen LogP contribution in [0.5, 0.6) is 0 Å². The quantitative estimate of drug-likeness (QED) is 0.498. The normalized spacial score (nSPS) is 10.3. The maximum Gasteiger partial charge on any atom is 0.293 e. The molecule has 0 saturated carbocycles. The van der Waals surface area contributed by atoms with Crippen LogP contribution in [0.4, 0.5) is 15.8 Å². The van der Waals surface area contributed by atoms with Gasteiger partial charge >= 0.3 is 0 Å². The topological polar surface area (TPSA) is 64.4 Å². The molecule has 0 aliphatic carbocycles. The first-order chi connectivity index (χ1) is 8.06. The molecule has 7 heteroatoms. The molecule has 1 aromatic rings. The average Bonchev–Trinajstić information content (AvgIpc) is 2.28. The summed E-state index contributed by atoms with van der Waals surface area (Å²) in [5.74, 6) is -0.537. The van der Waals surface area contributed by atoms with Crippen molar-refractivity contribution in [2.75, 3.05) is 25.6 Å². The number of rotatable bonds is 6. The van der Waals surface area contributed by atoms with Crippen LogP contribution in [0.2, 0.25) is 0 Å². The standard InChI is InChI=1S/C10H12BrFN2O3/c1-17-4-2-3-13-9-6-8(12)7(11)5-10(9)14(15)16/h5-6,13H,2-4H2,1H3. The van der Waals surface area contributed by atoms with E-state index in [0.717, 1.165) is 12.1 Å². The van der Waals surface area contributed by atoms with Crippen molar-refractivity contribution in [2.45, 2.75) is 6.42 Å². The number of nitrogens with zero attached hydrogens (tertiary/aromatic N) is 1. The highest BCUT2D eigenvalue weighted by molar-refractivity contribution is 9.10. The lowest BCUT2D eigenvalue weighted by Crippen LogP contribution is -2.07. The van der Waals surface area contributed by atoms with Gasteiger partial charge in [0.05, 0.1) is 9.40 Å². The zero-order valence-electron chi connectivity index (χ0n) is 9.20. The highest BCUT2D eigenvalue weighted by Crippen LogP contribution is 2.30. The third-order valence-corrected chi connectivity index (χ3v) is 2.68. The van der Waals surface area contributed by atoms with Gasteiger partial charge in [-0.25, -0.2) is 4.39 Å². The summed E-state index contributed by atoms with van der Waals surface area (Å²) < 4.78 is 18.2. The Labute approximate surface area is 106 Å². The molecule has 0 bridgehead atoms. The SMILES string of the molecule is COCCCNc1cc(F)c(Br)cc1[N+](=O)[O-]. The van der Waals surface area contributed by atoms with Crippen molar-refractivity contribution >= 4 is 27.3 Å². The van der Waals surface area contributed by atoms with Crippen LogP contribution in [0.1, 0.15) is 6.42 Å². The second-order valence-corrected chi connectivity index (χ2v) is 4.17. The van der Waals surface area contributed by atoms with E-state index in [0.29, 0.717) is 19.6 Å². The summed E-state index contributed by atoms with van der Waals surface area (Å²) in [7, 11) is 1.57. The Kier molecular flexibility index (Phi) is 5.30. The fourth-order valence-corrected chi connectivity index (χ4v) is 1.60. The first kappa shape index (κ1) is 13.9. The molecule has 1 aromatic carbocycles. The Morgan fingerprint density at radius 3 is 2.88 bits per heavy atom. The molecule has 0 aliphatic heterocycles. The number of anilines is 1. The molecule has 0 saturated heterocycles. The molecule has 0 spiro atoms. The largest absolute Gasteiger partial charge is 0.385 e. The summed E-state index contributed by atoms with van der Waals surface area (Å²) in [5, 5.41) is 13.6. The second kappa shape index (κ2) is 6.51. The lowest BCUT2D eigenvalue weighted by atomic mass is 10.2. The smallest absolute Gasteiger partial charge is 0.293 e. The lowest BCUT2D eigenvalue weighted by molar-refractivity contribution is -0.384. The maximum absolute atomic E-state index is 13.3. The first-order valence-corrected chi connectivity index (χ1v) is 5.71. The van der Waals surface area contributed by atoms with Gasteiger partial charge in [0.25, 0.3) is 5.69 Å². The van der Waals surface area contributed by atoms with E-state index in [9.17, 15) is 14.5 Å². The zero-order valence-corrected chi connectivity index (χ0v) is 10.8. The zero-order chi connectivity index (χ0) is 12.8. The van der Waals surface area contributed by atoms with Gasteiger partial charge < -0.3 is 10.1 Å². The van der Waals surface area contributed by atoms with Crippen LogP contribution in [0.15, 0.2) is 16.6 Å². The van der Waals surface area contributed by atoms with Crippen LogP contribution in [0, 0.1) is 15.9 Å². The van der Waals surface area contributed by atoms with E-state index in [1.165, 1.54) is 0 Å². The van der Waals surface area contributed by atoms with Crippen molar-refractivity contribution < 1.29 is 14.1 Å². The van der Waals surface area contributed by atoms with E-state index >= 15 is 0 Å². The molecule has 94 valence electrons. The van der Waals surface area contributed by atoms with Crippen molar-refractivity contribution in [3.05, 3.63) is 32.5 Å². The number of ether oxygens (including phenoxy) is 1. The minimum absolute atomic E-state index is 0.0756. The predicted octanol–water partition coefficient (Wildman–Crippen LogP) is 2.94. The Balaban J connectivity index is 2.81. The summed E-state index contributed by atoms with van der Waals surface area (Å²) in [6.45, 7) is 1.02. The minimum atomic E-state index is -0.553. The molecule has 0 heterocycles. The number of benzene rings is 1. The molecule has 0 aromatic heterocycles. The summed E-state index contributed by atoms with van der Waals surface area (Å²) in [5.41, 5.74) is 0.0162. The van der Waals surface area contributed by atoms with E-state index in [4.69, 9.17) is 4.74 Å². The second-order valence-electron chi connectivity index (χ2n) is 3.31. The third-order valence-electron chi connectivity index (χ3n) is 2.08. The fraction of sp³-hybridized carbons (Fsp3) is 0.400. The third kappa shape index (κ3) is 3.94. The number of nitro benzene ring substituents is 1. The Morgan fingerprint density at radius 2 is 2.29 bits per heavy atom. The highest BCUT2D eigenvalue weighted by Gasteiger charge is 2.16. The van der Waals surface area contributed by atoms with Gasteiger partial charge in [-0.2, -0.15) is 0 Å². The first-order valence-electron chi connectivity index (χ1n) is 4.92. The molecule has 0 radical (unpaired) electrons. The lowest BCUT2D eigenvalue weighted by Gasteiger charge is -2.07. The van der Waals surface area contributed by atoms with Crippen LogP contribution in [0.3, 0.4) is 0 Å². The molecule has 0 atom stereocenters. The number of halogens is 2. The number of hydrogen-bond acceptors (Lipinski definition) is 4. The van der Waals surface area contributed by atoms with Crippen molar-refractivity contribution in [1.29, 1.82) is 0 Å². The predicted molar refractivity (Wildman–Crippen MR) is 65.7 cm³/mol. The molecule has 0 fully saturated rings. The van der Waals surface area contributed by atoms with Crippen molar-refractivity contribution in [1.82, 2.24) is 0 Å². The summed E-state index contributed by atoms with van der Waals surface area (Å²) in [6.07, 6.45) is 0.686. The van der Waals surface area contributed by atoms with Crippen LogP contribution < -0.4 is 5.32 Å². The fourth-order valence-electron chi connectivity index (χ4n) is 1.27. The number of hydrogen-bond donors (Lipinski definition) is 1. The van der Waals surface area contributed by atoms with Gasteiger partial charge in [-0.05, 0) is 22.4 Å². The van der Waals surface area contributed by atoms with Crippen LogP contribution in [-0.2, 0) is 4.74 Å². The number of nitro groups is 1. The van der Waals surface area contributed by atoms with Gasteiger partial charge in [0.15, 0.2) is 0 Å². The average molecular weight is 307 g/mol. The van der Waals surface area contributed by atoms with Crippen molar-refractivity contribution in [2.24, 2.45) is 0 Å². The number of nitrogens with one attached hydrogen (secondary N) is 1. The van der Waals surface area contributed by atoms with Gasteiger partial charge in [-0.1, -0.05) is 0 Å². The molecule has 5 nitrogen and oxygen atoms in total. The van der Waals surface area contributed by atoms with Crippen LogP contribution >= 0.6 is 15.9 Å². The molecule has 17 heavy (non-hydrogen) atoms. The van der Waals surface area contributed by atoms with Crippen molar-refractivity contribution in [3.63, 3.8) is 0 Å². The van der Waals surface area contributed by atoms with Gasteiger partial charge in [0.2, 0.25) is 0 Å². The van der Waals surface area contributed by atoms with E-state index in [1.54, 1.807) is 7.11 Å². The molecule has 0 amide bonds. The number of methoxy groups -OCH3 is 1. The molecule has 1 N–H and O–H groups in total. The van der Waals surface area contributed by atoms with E-state index in [1.807, 2.05) is 0 Å². The highest BCUT2D eigenvalue weighted by atomic mass is 79.9. The van der Waals surface area contributed by atoms with E-state index in [2.05, 4.69) is 21.2 Å². The Bertz CT molecular complexity index is 415. The summed E-state index contributed by atoms with van der Waals surface area (Å²) in [4.78, 5) is 10.2.